The third-order valence-electron chi connectivity index (χ3n) is 2.94. The number of carbonyl (C=O) groups is 2. The van der Waals surface area contributed by atoms with E-state index < -0.39 is 12.0 Å². The number of amides is 2. The molecule has 0 unspecified atom stereocenters. The summed E-state index contributed by atoms with van der Waals surface area (Å²) in [6, 6.07) is 11.1. The highest BCUT2D eigenvalue weighted by Gasteiger charge is 2.09. The lowest BCUT2D eigenvalue weighted by molar-refractivity contribution is -0.136. The van der Waals surface area contributed by atoms with Crippen molar-refractivity contribution < 1.29 is 14.7 Å². The second kappa shape index (κ2) is 7.26. The number of aliphatic carboxylic acids is 1. The number of carboxylic acids is 1. The zero-order valence-corrected chi connectivity index (χ0v) is 12.2. The number of carbonyl (C=O) groups excluding carboxylic acids is 1. The number of carboxylic acid groups (broad SMARTS) is 1. The molecule has 0 aliphatic carbocycles. The maximum atomic E-state index is 11.8. The third-order valence-corrected chi connectivity index (χ3v) is 2.94. The van der Waals surface area contributed by atoms with Crippen LogP contribution in [-0.2, 0) is 11.3 Å². The zero-order valence-electron chi connectivity index (χ0n) is 12.2. The number of nitrogens with one attached hydrogen (secondary N) is 2. The highest BCUT2D eigenvalue weighted by Crippen LogP contribution is 2.12. The first-order chi connectivity index (χ1) is 10.5. The van der Waals surface area contributed by atoms with E-state index in [9.17, 15) is 9.59 Å². The fourth-order valence-corrected chi connectivity index (χ4v) is 1.97. The molecule has 2 rings (SSSR count). The van der Waals surface area contributed by atoms with Gasteiger partial charge in [-0.25, -0.2) is 9.48 Å². The summed E-state index contributed by atoms with van der Waals surface area (Å²) >= 11 is 0. The number of nitrogens with zero attached hydrogens (tertiary/aromatic N) is 2. The van der Waals surface area contributed by atoms with Crippen LogP contribution in [0, 0.1) is 6.92 Å². The molecule has 0 bridgehead atoms. The maximum absolute atomic E-state index is 11.8. The average Bonchev–Trinajstić information content (AvgIpc) is 2.79. The Balaban J connectivity index is 1.99. The molecule has 2 aromatic rings. The van der Waals surface area contributed by atoms with E-state index in [1.54, 1.807) is 10.7 Å². The number of aromatic nitrogens is 2. The van der Waals surface area contributed by atoms with Gasteiger partial charge in [-0.05, 0) is 12.5 Å². The van der Waals surface area contributed by atoms with Gasteiger partial charge in [0.05, 0.1) is 18.7 Å². The molecule has 22 heavy (non-hydrogen) atoms. The molecule has 0 atom stereocenters. The molecule has 116 valence electrons. The van der Waals surface area contributed by atoms with Gasteiger partial charge in [0, 0.05) is 12.6 Å². The van der Waals surface area contributed by atoms with E-state index in [4.69, 9.17) is 5.11 Å². The Kier molecular flexibility index (Phi) is 5.13. The molecule has 7 heteroatoms. The van der Waals surface area contributed by atoms with E-state index in [2.05, 4.69) is 15.7 Å². The quantitative estimate of drug-likeness (QED) is 0.758. The number of hydrogen-bond donors (Lipinski definition) is 3. The van der Waals surface area contributed by atoms with Crippen LogP contribution in [0.3, 0.4) is 0 Å². The van der Waals surface area contributed by atoms with Crippen LogP contribution in [0.4, 0.5) is 10.6 Å². The molecular weight excluding hydrogens is 284 g/mol. The second-order valence-electron chi connectivity index (χ2n) is 4.84. The molecule has 1 aromatic carbocycles. The standard InChI is InChI=1S/C15H18N4O3/c1-11-9-13(17-15(22)16-8-7-14(20)21)19(18-11)10-12-5-3-2-4-6-12/h2-6,9H,7-8,10H2,1H3,(H,20,21)(H2,16,17,22). The van der Waals surface area contributed by atoms with Gasteiger partial charge in [-0.3, -0.25) is 10.1 Å². The lowest BCUT2D eigenvalue weighted by Crippen LogP contribution is -2.31. The highest BCUT2D eigenvalue weighted by atomic mass is 16.4. The van der Waals surface area contributed by atoms with E-state index in [0.717, 1.165) is 11.3 Å². The van der Waals surface area contributed by atoms with E-state index in [0.29, 0.717) is 12.4 Å². The van der Waals surface area contributed by atoms with Gasteiger partial charge < -0.3 is 10.4 Å². The maximum Gasteiger partial charge on any atom is 0.320 e. The van der Waals surface area contributed by atoms with Crippen molar-refractivity contribution in [2.45, 2.75) is 19.9 Å². The predicted octanol–water partition coefficient (Wildman–Crippen LogP) is 1.84. The van der Waals surface area contributed by atoms with Crippen molar-refractivity contribution in [1.82, 2.24) is 15.1 Å². The summed E-state index contributed by atoms with van der Waals surface area (Å²) in [5.74, 6) is -0.389. The molecule has 0 saturated heterocycles. The average molecular weight is 302 g/mol. The molecule has 0 aliphatic rings. The first-order valence-corrected chi connectivity index (χ1v) is 6.89. The van der Waals surface area contributed by atoms with Gasteiger partial charge in [0.15, 0.2) is 0 Å². The SMILES string of the molecule is Cc1cc(NC(=O)NCCC(=O)O)n(Cc2ccccc2)n1. The molecule has 0 spiro atoms. The molecule has 3 N–H and O–H groups in total. The van der Waals surface area contributed by atoms with Crippen molar-refractivity contribution in [3.05, 3.63) is 47.7 Å². The number of aryl methyl sites for hydroxylation is 1. The van der Waals surface area contributed by atoms with Gasteiger partial charge in [0.1, 0.15) is 5.82 Å². The Bertz CT molecular complexity index is 652. The molecule has 0 radical (unpaired) electrons. The zero-order chi connectivity index (χ0) is 15.9. The van der Waals surface area contributed by atoms with Crippen LogP contribution in [0.15, 0.2) is 36.4 Å². The van der Waals surface area contributed by atoms with Crippen LogP contribution in [0.2, 0.25) is 0 Å². The number of urea groups is 1. The van der Waals surface area contributed by atoms with Gasteiger partial charge in [0.2, 0.25) is 0 Å². The van der Waals surface area contributed by atoms with Gasteiger partial charge in [-0.15, -0.1) is 0 Å². The van der Waals surface area contributed by atoms with Crippen molar-refractivity contribution in [2.24, 2.45) is 0 Å². The summed E-state index contributed by atoms with van der Waals surface area (Å²) in [4.78, 5) is 22.2. The largest absolute Gasteiger partial charge is 0.481 e. The van der Waals surface area contributed by atoms with Crippen LogP contribution in [-0.4, -0.2) is 33.4 Å². The van der Waals surface area contributed by atoms with E-state index in [1.807, 2.05) is 37.3 Å². The minimum absolute atomic E-state index is 0.0764. The Morgan fingerprint density at radius 2 is 2.00 bits per heavy atom. The predicted molar refractivity (Wildman–Crippen MR) is 81.8 cm³/mol. The van der Waals surface area contributed by atoms with Gasteiger partial charge in [0.25, 0.3) is 0 Å². The molecule has 1 aromatic heterocycles. The smallest absolute Gasteiger partial charge is 0.320 e. The first-order valence-electron chi connectivity index (χ1n) is 6.89. The summed E-state index contributed by atoms with van der Waals surface area (Å²) in [6.07, 6.45) is -0.115. The lowest BCUT2D eigenvalue weighted by Gasteiger charge is -2.09. The molecular formula is C15H18N4O3. The Morgan fingerprint density at radius 1 is 1.27 bits per heavy atom. The van der Waals surface area contributed by atoms with Crippen molar-refractivity contribution >= 4 is 17.8 Å². The Labute approximate surface area is 128 Å². The van der Waals surface area contributed by atoms with Crippen LogP contribution in [0.25, 0.3) is 0 Å². The summed E-state index contributed by atoms with van der Waals surface area (Å²) in [6.45, 7) is 2.46. The van der Waals surface area contributed by atoms with Gasteiger partial charge >= 0.3 is 12.0 Å². The number of rotatable bonds is 6. The van der Waals surface area contributed by atoms with E-state index in [-0.39, 0.29) is 13.0 Å². The molecule has 1 heterocycles. The van der Waals surface area contributed by atoms with Crippen LogP contribution in [0.1, 0.15) is 17.7 Å². The Hall–Kier alpha value is -2.83. The molecule has 2 amide bonds. The van der Waals surface area contributed by atoms with Crippen LogP contribution >= 0.6 is 0 Å². The molecule has 0 fully saturated rings. The van der Waals surface area contributed by atoms with Crippen molar-refractivity contribution in [3.63, 3.8) is 0 Å². The number of hydrogen-bond acceptors (Lipinski definition) is 3. The monoisotopic (exact) mass is 302 g/mol. The summed E-state index contributed by atoms with van der Waals surface area (Å²) < 4.78 is 1.70. The number of anilines is 1. The van der Waals surface area contributed by atoms with Crippen LogP contribution < -0.4 is 10.6 Å². The minimum Gasteiger partial charge on any atom is -0.481 e. The molecule has 0 saturated carbocycles. The third kappa shape index (κ3) is 4.62. The van der Waals surface area contributed by atoms with E-state index >= 15 is 0 Å². The number of benzene rings is 1. The van der Waals surface area contributed by atoms with Gasteiger partial charge in [-0.2, -0.15) is 5.10 Å². The lowest BCUT2D eigenvalue weighted by atomic mass is 10.2. The topological polar surface area (TPSA) is 96.3 Å². The summed E-state index contributed by atoms with van der Waals surface area (Å²) in [5, 5.41) is 18.1. The van der Waals surface area contributed by atoms with Crippen LogP contribution in [0.5, 0.6) is 0 Å². The summed E-state index contributed by atoms with van der Waals surface area (Å²) in [7, 11) is 0. The molecule has 7 nitrogen and oxygen atoms in total. The first kappa shape index (κ1) is 15.6. The van der Waals surface area contributed by atoms with Crippen molar-refractivity contribution in [2.75, 3.05) is 11.9 Å². The fraction of sp³-hybridized carbons (Fsp3) is 0.267. The fourth-order valence-electron chi connectivity index (χ4n) is 1.97. The minimum atomic E-state index is -0.953. The van der Waals surface area contributed by atoms with Crippen molar-refractivity contribution in [3.8, 4) is 0 Å². The highest BCUT2D eigenvalue weighted by molar-refractivity contribution is 5.88. The van der Waals surface area contributed by atoms with Crippen molar-refractivity contribution in [1.29, 1.82) is 0 Å². The van der Waals surface area contributed by atoms with E-state index in [1.165, 1.54) is 0 Å². The van der Waals surface area contributed by atoms with Gasteiger partial charge in [-0.1, -0.05) is 30.3 Å². The normalized spacial score (nSPS) is 10.2. The molecule has 0 aliphatic heterocycles. The second-order valence-corrected chi connectivity index (χ2v) is 4.84. The Morgan fingerprint density at radius 3 is 2.68 bits per heavy atom. The summed E-state index contributed by atoms with van der Waals surface area (Å²) in [5.41, 5.74) is 1.86.